The van der Waals surface area contributed by atoms with Gasteiger partial charge in [0.05, 0.1) is 12.8 Å². The molecular formula is C28H38Cl2N10O7. The number of anilines is 2. The van der Waals surface area contributed by atoms with E-state index in [4.69, 9.17) is 66.6 Å². The van der Waals surface area contributed by atoms with Crippen molar-refractivity contribution >= 4 is 76.3 Å². The van der Waals surface area contributed by atoms with E-state index in [1.165, 1.54) is 0 Å². The number of hydrogen-bond acceptors (Lipinski definition) is 6. The number of carbonyl (C=O) groups is 3. The van der Waals surface area contributed by atoms with Gasteiger partial charge >= 0.3 is 17.9 Å². The first-order valence-corrected chi connectivity index (χ1v) is 14.6. The first-order valence-electron chi connectivity index (χ1n) is 13.8. The Morgan fingerprint density at radius 3 is 1.28 bits per heavy atom. The van der Waals surface area contributed by atoms with Crippen molar-refractivity contribution in [3.63, 3.8) is 0 Å². The highest BCUT2D eigenvalue weighted by molar-refractivity contribution is 6.31. The van der Waals surface area contributed by atoms with E-state index in [-0.39, 0.29) is 23.8 Å². The largest absolute Gasteiger partial charge is 0.481 e. The second-order valence-electron chi connectivity index (χ2n) is 9.63. The fraction of sp³-hybridized carbons (Fsp3) is 0.321. The summed E-state index contributed by atoms with van der Waals surface area (Å²) >= 11 is 11.7. The molecule has 0 unspecified atom stereocenters. The molecule has 0 atom stereocenters. The van der Waals surface area contributed by atoms with Gasteiger partial charge in [-0.3, -0.25) is 19.6 Å². The van der Waals surface area contributed by atoms with E-state index >= 15 is 0 Å². The van der Waals surface area contributed by atoms with E-state index in [0.29, 0.717) is 23.1 Å². The summed E-state index contributed by atoms with van der Waals surface area (Å²) in [5.41, 5.74) is 22.0. The first-order chi connectivity index (χ1) is 22.1. The smallest absolute Gasteiger partial charge is 0.336 e. The molecule has 0 radical (unpaired) electrons. The van der Waals surface area contributed by atoms with Crippen molar-refractivity contribution in [2.24, 2.45) is 42.9 Å². The van der Waals surface area contributed by atoms with Crippen molar-refractivity contribution < 1.29 is 34.8 Å². The van der Waals surface area contributed by atoms with Crippen LogP contribution in [0.4, 0.5) is 11.4 Å². The van der Waals surface area contributed by atoms with Gasteiger partial charge in [0, 0.05) is 34.5 Å². The third-order valence-corrected chi connectivity index (χ3v) is 6.11. The molecule has 0 fully saturated rings. The average molecular weight is 698 g/mol. The molecule has 14 N–H and O–H groups in total. The van der Waals surface area contributed by atoms with Crippen LogP contribution in [0.1, 0.15) is 38.5 Å². The quantitative estimate of drug-likeness (QED) is 0.0769. The van der Waals surface area contributed by atoms with Gasteiger partial charge in [-0.15, -0.1) is 0 Å². The van der Waals surface area contributed by atoms with E-state index in [9.17, 15) is 14.4 Å². The van der Waals surface area contributed by atoms with Crippen LogP contribution >= 0.6 is 23.2 Å². The SMILES string of the molecule is NC(=NCCCCCCN=C(N)N=C(N)Nc1ccc(Cl)cc1)N=C(N)Nc1ccc(Cl)cc1.O=C(O)CC(O)(CC(=O)O)C(=O)O. The van der Waals surface area contributed by atoms with Crippen LogP contribution in [0.3, 0.4) is 0 Å². The summed E-state index contributed by atoms with van der Waals surface area (Å²) < 4.78 is 0. The number of nitrogens with zero attached hydrogens (tertiary/aromatic N) is 4. The first kappa shape index (κ1) is 39.9. The zero-order valence-corrected chi connectivity index (χ0v) is 26.7. The number of aliphatic carboxylic acids is 3. The molecule has 2 rings (SSSR count). The topological polar surface area (TPSA) is 310 Å². The molecule has 0 aromatic heterocycles. The van der Waals surface area contributed by atoms with Crippen molar-refractivity contribution in [3.8, 4) is 0 Å². The van der Waals surface area contributed by atoms with Gasteiger partial charge in [0.25, 0.3) is 0 Å². The Labute approximate surface area is 280 Å². The third kappa shape index (κ3) is 18.4. The molecule has 0 amide bonds. The zero-order chi connectivity index (χ0) is 35.4. The molecule has 256 valence electrons. The predicted molar refractivity (Wildman–Crippen MR) is 182 cm³/mol. The van der Waals surface area contributed by atoms with E-state index in [2.05, 4.69) is 30.6 Å². The standard InChI is InChI=1S/C22H30Cl2N10.C6H8O7/c23-15-5-9-17(10-6-15)31-21(27)33-19(25)29-13-3-1-2-4-14-30-20(26)34-22(28)32-18-11-7-16(24)8-12-18;7-3(8)1-6(13,5(11)12)2-4(9)10/h5-12H,1-4,13-14H2,(H5,25,27,29,31,33)(H5,26,28,30,32,34);13H,1-2H2,(H,7,8)(H,9,10)(H,11,12). The molecule has 0 spiro atoms. The molecule has 2 aromatic rings. The molecule has 47 heavy (non-hydrogen) atoms. The minimum absolute atomic E-state index is 0.124. The molecule has 0 aliphatic heterocycles. The van der Waals surface area contributed by atoms with Crippen molar-refractivity contribution in [1.82, 2.24) is 0 Å². The number of halogens is 2. The second-order valence-corrected chi connectivity index (χ2v) is 10.5. The van der Waals surface area contributed by atoms with E-state index < -0.39 is 36.4 Å². The van der Waals surface area contributed by atoms with Crippen LogP contribution in [0.2, 0.25) is 10.0 Å². The maximum absolute atomic E-state index is 10.3. The Morgan fingerprint density at radius 2 is 0.979 bits per heavy atom. The molecule has 17 nitrogen and oxygen atoms in total. The highest BCUT2D eigenvalue weighted by Gasteiger charge is 2.40. The number of nitrogens with one attached hydrogen (secondary N) is 2. The second kappa shape index (κ2) is 20.8. The van der Waals surface area contributed by atoms with Crippen LogP contribution in [-0.4, -0.2) is 80.9 Å². The monoisotopic (exact) mass is 696 g/mol. The van der Waals surface area contributed by atoms with Gasteiger partial charge in [0.15, 0.2) is 5.60 Å². The Bertz CT molecular complexity index is 1350. The van der Waals surface area contributed by atoms with Crippen LogP contribution < -0.4 is 33.6 Å². The minimum Gasteiger partial charge on any atom is -0.481 e. The highest BCUT2D eigenvalue weighted by Crippen LogP contribution is 2.16. The van der Waals surface area contributed by atoms with Crippen LogP contribution in [0.5, 0.6) is 0 Å². The molecule has 0 heterocycles. The number of aliphatic hydroxyl groups is 1. The third-order valence-electron chi connectivity index (χ3n) is 5.60. The number of carboxylic acids is 3. The number of carboxylic acid groups (broad SMARTS) is 3. The molecule has 0 saturated heterocycles. The minimum atomic E-state index is -2.74. The van der Waals surface area contributed by atoms with Gasteiger partial charge in [0.1, 0.15) is 0 Å². The molecule has 19 heteroatoms. The highest BCUT2D eigenvalue weighted by atomic mass is 35.5. The van der Waals surface area contributed by atoms with E-state index in [1.807, 2.05) is 0 Å². The van der Waals surface area contributed by atoms with Gasteiger partial charge < -0.3 is 54.0 Å². The zero-order valence-electron chi connectivity index (χ0n) is 25.1. The van der Waals surface area contributed by atoms with Crippen LogP contribution in [-0.2, 0) is 14.4 Å². The van der Waals surface area contributed by atoms with Gasteiger partial charge in [-0.2, -0.15) is 9.98 Å². The Balaban J connectivity index is 0.000000716. The van der Waals surface area contributed by atoms with E-state index in [1.54, 1.807) is 48.5 Å². The van der Waals surface area contributed by atoms with Crippen molar-refractivity contribution in [3.05, 3.63) is 58.6 Å². The predicted octanol–water partition coefficient (Wildman–Crippen LogP) is 2.09. The molecule has 0 aliphatic carbocycles. The molecule has 0 bridgehead atoms. The van der Waals surface area contributed by atoms with Crippen molar-refractivity contribution in [2.75, 3.05) is 23.7 Å². The maximum Gasteiger partial charge on any atom is 0.336 e. The summed E-state index contributed by atoms with van der Waals surface area (Å²) in [6.45, 7) is 1.12. The van der Waals surface area contributed by atoms with Crippen molar-refractivity contribution in [1.29, 1.82) is 0 Å². The number of rotatable bonds is 14. The van der Waals surface area contributed by atoms with Crippen LogP contribution in [0, 0.1) is 0 Å². The summed E-state index contributed by atoms with van der Waals surface area (Å²) in [6, 6.07) is 14.1. The average Bonchev–Trinajstić information content (AvgIpc) is 2.96. The summed E-state index contributed by atoms with van der Waals surface area (Å²) in [4.78, 5) is 47.0. The van der Waals surface area contributed by atoms with Crippen molar-refractivity contribution in [2.45, 2.75) is 44.1 Å². The van der Waals surface area contributed by atoms with Crippen LogP contribution in [0.15, 0.2) is 68.5 Å². The Kier molecular flexibility index (Phi) is 17.7. The lowest BCUT2D eigenvalue weighted by atomic mass is 9.96. The lowest BCUT2D eigenvalue weighted by Crippen LogP contribution is -2.42. The number of benzene rings is 2. The molecule has 2 aromatic carbocycles. The molecule has 0 saturated carbocycles. The normalized spacial score (nSPS) is 12.5. The summed E-state index contributed by atoms with van der Waals surface area (Å²) in [6.07, 6.45) is 1.39. The van der Waals surface area contributed by atoms with Gasteiger partial charge in [-0.05, 0) is 61.4 Å². The molecule has 0 aliphatic rings. The van der Waals surface area contributed by atoms with Gasteiger partial charge in [0.2, 0.25) is 23.8 Å². The number of unbranched alkanes of at least 4 members (excludes halogenated alkanes) is 3. The summed E-state index contributed by atoms with van der Waals surface area (Å²) in [5.74, 6) is -4.45. The van der Waals surface area contributed by atoms with E-state index in [0.717, 1.165) is 37.1 Å². The Hall–Kier alpha value is -5.13. The summed E-state index contributed by atoms with van der Waals surface area (Å²) in [5, 5.41) is 40.9. The lowest BCUT2D eigenvalue weighted by molar-refractivity contribution is -0.170. The number of guanidine groups is 4. The number of hydrogen-bond donors (Lipinski definition) is 10. The fourth-order valence-electron chi connectivity index (χ4n) is 3.41. The van der Waals surface area contributed by atoms with Gasteiger partial charge in [-0.1, -0.05) is 36.0 Å². The lowest BCUT2D eigenvalue weighted by Gasteiger charge is -2.18. The van der Waals surface area contributed by atoms with Crippen LogP contribution in [0.25, 0.3) is 0 Å². The number of nitrogens with two attached hydrogens (primary N) is 4. The Morgan fingerprint density at radius 1 is 0.638 bits per heavy atom. The summed E-state index contributed by atoms with van der Waals surface area (Å²) in [7, 11) is 0. The van der Waals surface area contributed by atoms with Gasteiger partial charge in [-0.25, -0.2) is 4.79 Å². The maximum atomic E-state index is 10.3. The fourth-order valence-corrected chi connectivity index (χ4v) is 3.67. The molecular weight excluding hydrogens is 659 g/mol. The number of aliphatic imine (C=N–C) groups is 4.